The third-order valence-electron chi connectivity index (χ3n) is 5.34. The summed E-state index contributed by atoms with van der Waals surface area (Å²) in [7, 11) is 0. The van der Waals surface area contributed by atoms with E-state index in [2.05, 4.69) is 31.7 Å². The van der Waals surface area contributed by atoms with Crippen molar-refractivity contribution in [3.05, 3.63) is 95.4 Å². The molecule has 0 radical (unpaired) electrons. The number of anilines is 2. The van der Waals surface area contributed by atoms with Crippen LogP contribution in [0.15, 0.2) is 102 Å². The number of carbonyl (C=O) groups is 2. The topological polar surface area (TPSA) is 133 Å². The molecular weight excluding hydrogens is 516 g/mol. The average Bonchev–Trinajstić information content (AvgIpc) is 3.57. The number of furan rings is 2. The van der Waals surface area contributed by atoms with E-state index in [1.54, 1.807) is 24.3 Å². The Kier molecular flexibility index (Phi) is 9.57. The van der Waals surface area contributed by atoms with Crippen LogP contribution in [-0.4, -0.2) is 37.3 Å². The van der Waals surface area contributed by atoms with Gasteiger partial charge in [0.25, 0.3) is 11.8 Å². The molecule has 2 amide bonds. The van der Waals surface area contributed by atoms with Gasteiger partial charge >= 0.3 is 0 Å². The second kappa shape index (κ2) is 13.7. The molecule has 0 fully saturated rings. The lowest BCUT2D eigenvalue weighted by Crippen LogP contribution is -2.26. The quantitative estimate of drug-likeness (QED) is 0.149. The highest BCUT2D eigenvalue weighted by molar-refractivity contribution is 7.99. The molecule has 2 aromatic heterocycles. The molecule has 4 aromatic rings. The van der Waals surface area contributed by atoms with Crippen LogP contribution in [0, 0.1) is 13.8 Å². The minimum atomic E-state index is -0.279. The number of benzene rings is 2. The fourth-order valence-corrected chi connectivity index (χ4v) is 4.07. The summed E-state index contributed by atoms with van der Waals surface area (Å²) in [6.45, 7) is 4.13. The van der Waals surface area contributed by atoms with E-state index >= 15 is 0 Å². The number of hydrogen-bond acceptors (Lipinski definition) is 9. The van der Waals surface area contributed by atoms with Crippen LogP contribution in [0.1, 0.15) is 22.6 Å². The molecule has 39 heavy (non-hydrogen) atoms. The molecule has 10 nitrogen and oxygen atoms in total. The summed E-state index contributed by atoms with van der Waals surface area (Å²) in [6, 6.07) is 22.4. The third-order valence-corrected chi connectivity index (χ3v) is 6.18. The SMILES string of the molecule is Cc1ccccc1NCC(=O)N/N=C\c1ccc(Sc2ccc(/C=N\NC(=O)CNc3ccccc3C)o2)o1. The van der Waals surface area contributed by atoms with Gasteiger partial charge in [-0.25, -0.2) is 10.9 Å². The normalized spacial score (nSPS) is 11.1. The Morgan fingerprint density at radius 1 is 0.692 bits per heavy atom. The predicted molar refractivity (Wildman–Crippen MR) is 152 cm³/mol. The van der Waals surface area contributed by atoms with Crippen molar-refractivity contribution < 1.29 is 18.4 Å². The zero-order valence-corrected chi connectivity index (χ0v) is 22.2. The van der Waals surface area contributed by atoms with Gasteiger partial charge in [-0.1, -0.05) is 36.4 Å². The minimum Gasteiger partial charge on any atom is -0.448 e. The Bertz CT molecular complexity index is 1370. The van der Waals surface area contributed by atoms with Crippen molar-refractivity contribution in [2.75, 3.05) is 23.7 Å². The highest BCUT2D eigenvalue weighted by Crippen LogP contribution is 2.30. The maximum absolute atomic E-state index is 12.0. The molecule has 0 atom stereocenters. The molecule has 11 heteroatoms. The molecule has 0 aliphatic heterocycles. The maximum Gasteiger partial charge on any atom is 0.259 e. The van der Waals surface area contributed by atoms with Gasteiger partial charge in [0.2, 0.25) is 0 Å². The van der Waals surface area contributed by atoms with Crippen molar-refractivity contribution >= 4 is 47.4 Å². The molecule has 0 bridgehead atoms. The second-order valence-corrected chi connectivity index (χ2v) is 9.35. The Balaban J connectivity index is 1.18. The van der Waals surface area contributed by atoms with Crippen LogP contribution < -0.4 is 21.5 Å². The van der Waals surface area contributed by atoms with Crippen molar-refractivity contribution in [3.63, 3.8) is 0 Å². The van der Waals surface area contributed by atoms with E-state index in [0.29, 0.717) is 21.7 Å². The lowest BCUT2D eigenvalue weighted by molar-refractivity contribution is -0.120. The molecule has 0 saturated carbocycles. The smallest absolute Gasteiger partial charge is 0.259 e. The van der Waals surface area contributed by atoms with Gasteiger partial charge in [-0.05, 0) is 73.1 Å². The Morgan fingerprint density at radius 2 is 1.13 bits per heavy atom. The van der Waals surface area contributed by atoms with Gasteiger partial charge in [-0.3, -0.25) is 9.59 Å². The standard InChI is InChI=1S/C28H28N6O4S/c1-19-7-3-5-9-23(19)29-17-25(35)33-31-15-21-11-13-27(37-21)39-28-14-12-22(38-28)16-32-34-26(36)18-30-24-10-6-4-8-20(24)2/h3-16,29-30H,17-18H2,1-2H3,(H,33,35)(H,34,36)/b31-15-,32-16-. The number of amides is 2. The van der Waals surface area contributed by atoms with E-state index in [0.717, 1.165) is 22.5 Å². The molecule has 2 aromatic carbocycles. The van der Waals surface area contributed by atoms with Crippen LogP contribution in [0.2, 0.25) is 0 Å². The second-order valence-electron chi connectivity index (χ2n) is 8.34. The first-order valence-electron chi connectivity index (χ1n) is 12.1. The lowest BCUT2D eigenvalue weighted by atomic mass is 10.2. The summed E-state index contributed by atoms with van der Waals surface area (Å²) in [5, 5.41) is 15.2. The first-order valence-corrected chi connectivity index (χ1v) is 12.9. The summed E-state index contributed by atoms with van der Waals surface area (Å²) < 4.78 is 11.4. The zero-order valence-electron chi connectivity index (χ0n) is 21.4. The molecule has 200 valence electrons. The fourth-order valence-electron chi connectivity index (χ4n) is 3.32. The van der Waals surface area contributed by atoms with E-state index in [4.69, 9.17) is 8.83 Å². The molecular formula is C28H28N6O4S. The Hall–Kier alpha value is -4.77. The predicted octanol–water partition coefficient (Wildman–Crippen LogP) is 4.77. The summed E-state index contributed by atoms with van der Waals surface area (Å²) in [5.41, 5.74) is 8.83. The molecule has 0 aliphatic rings. The Morgan fingerprint density at radius 3 is 1.56 bits per heavy atom. The van der Waals surface area contributed by atoms with E-state index in [9.17, 15) is 9.59 Å². The highest BCUT2D eigenvalue weighted by Gasteiger charge is 2.08. The summed E-state index contributed by atoms with van der Waals surface area (Å²) >= 11 is 1.27. The molecule has 0 saturated heterocycles. The lowest BCUT2D eigenvalue weighted by Gasteiger charge is -2.07. The van der Waals surface area contributed by atoms with Crippen LogP contribution in [0.3, 0.4) is 0 Å². The molecule has 0 spiro atoms. The number of aryl methyl sites for hydroxylation is 2. The van der Waals surface area contributed by atoms with Crippen LogP contribution in [0.25, 0.3) is 0 Å². The molecule has 2 heterocycles. The van der Waals surface area contributed by atoms with Crippen molar-refractivity contribution in [1.29, 1.82) is 0 Å². The number of para-hydroxylation sites is 2. The van der Waals surface area contributed by atoms with Gasteiger partial charge in [0.15, 0.2) is 10.2 Å². The zero-order chi connectivity index (χ0) is 27.5. The fraction of sp³-hybridized carbons (Fsp3) is 0.143. The highest BCUT2D eigenvalue weighted by atomic mass is 32.2. The molecule has 4 rings (SSSR count). The summed E-state index contributed by atoms with van der Waals surface area (Å²) in [5.74, 6) is 0.387. The van der Waals surface area contributed by atoms with Crippen LogP contribution in [0.4, 0.5) is 11.4 Å². The monoisotopic (exact) mass is 544 g/mol. The van der Waals surface area contributed by atoms with Crippen LogP contribution >= 0.6 is 11.8 Å². The average molecular weight is 545 g/mol. The largest absolute Gasteiger partial charge is 0.448 e. The number of hydrogen-bond donors (Lipinski definition) is 4. The molecule has 0 unspecified atom stereocenters. The van der Waals surface area contributed by atoms with Gasteiger partial charge in [0.05, 0.1) is 25.5 Å². The maximum atomic E-state index is 12.0. The number of carbonyl (C=O) groups excluding carboxylic acids is 2. The number of hydrazone groups is 2. The summed E-state index contributed by atoms with van der Waals surface area (Å²) in [4.78, 5) is 24.0. The van der Waals surface area contributed by atoms with E-state index in [1.807, 2.05) is 62.4 Å². The van der Waals surface area contributed by atoms with E-state index in [1.165, 1.54) is 24.2 Å². The third kappa shape index (κ3) is 8.64. The van der Waals surface area contributed by atoms with Crippen molar-refractivity contribution in [3.8, 4) is 0 Å². The van der Waals surface area contributed by atoms with Gasteiger partial charge in [-0.15, -0.1) is 0 Å². The number of nitrogens with one attached hydrogen (secondary N) is 4. The van der Waals surface area contributed by atoms with Crippen molar-refractivity contribution in [2.45, 2.75) is 24.0 Å². The number of rotatable bonds is 12. The van der Waals surface area contributed by atoms with Crippen LogP contribution in [-0.2, 0) is 9.59 Å². The van der Waals surface area contributed by atoms with Gasteiger partial charge in [0, 0.05) is 11.4 Å². The van der Waals surface area contributed by atoms with Gasteiger partial charge < -0.3 is 19.5 Å². The molecule has 0 aliphatic carbocycles. The first-order chi connectivity index (χ1) is 19.0. The number of nitrogens with zero attached hydrogens (tertiary/aromatic N) is 2. The van der Waals surface area contributed by atoms with Crippen molar-refractivity contribution in [2.24, 2.45) is 10.2 Å². The first kappa shape index (κ1) is 27.3. The van der Waals surface area contributed by atoms with Gasteiger partial charge in [0.1, 0.15) is 11.5 Å². The van der Waals surface area contributed by atoms with Gasteiger partial charge in [-0.2, -0.15) is 10.2 Å². The van der Waals surface area contributed by atoms with Crippen LogP contribution in [0.5, 0.6) is 0 Å². The van der Waals surface area contributed by atoms with E-state index in [-0.39, 0.29) is 24.9 Å². The Labute approximate surface area is 229 Å². The molecule has 4 N–H and O–H groups in total. The van der Waals surface area contributed by atoms with E-state index < -0.39 is 0 Å². The van der Waals surface area contributed by atoms with Crippen molar-refractivity contribution in [1.82, 2.24) is 10.9 Å². The minimum absolute atomic E-state index is 0.0968. The summed E-state index contributed by atoms with van der Waals surface area (Å²) in [6.07, 6.45) is 2.85.